The lowest BCUT2D eigenvalue weighted by Crippen LogP contribution is -2.29. The van der Waals surface area contributed by atoms with Crippen molar-refractivity contribution in [2.75, 3.05) is 32.8 Å². The van der Waals surface area contributed by atoms with Gasteiger partial charge in [-0.15, -0.1) is 11.8 Å². The topological polar surface area (TPSA) is 55.8 Å². The minimum Gasteiger partial charge on any atom is -0.497 e. The summed E-state index contributed by atoms with van der Waals surface area (Å²) in [6.45, 7) is 0.522. The van der Waals surface area contributed by atoms with Crippen molar-refractivity contribution in [2.24, 2.45) is 0 Å². The zero-order valence-corrected chi connectivity index (χ0v) is 12.8. The van der Waals surface area contributed by atoms with E-state index >= 15 is 0 Å². The van der Waals surface area contributed by atoms with Gasteiger partial charge in [0.15, 0.2) is 0 Å². The van der Waals surface area contributed by atoms with E-state index in [0.717, 1.165) is 11.3 Å². The Hall–Kier alpha value is -0.920. The fourth-order valence-corrected chi connectivity index (χ4v) is 4.88. The molecule has 19 heavy (non-hydrogen) atoms. The van der Waals surface area contributed by atoms with E-state index in [1.54, 1.807) is 38.1 Å². The van der Waals surface area contributed by atoms with E-state index in [4.69, 9.17) is 9.47 Å². The van der Waals surface area contributed by atoms with Gasteiger partial charge in [0.25, 0.3) is 0 Å². The summed E-state index contributed by atoms with van der Waals surface area (Å²) in [6.07, 6.45) is 1.23. The number of rotatable bonds is 4. The number of hydrogen-bond donors (Lipinski definition) is 0. The molecule has 5 nitrogen and oxygen atoms in total. The number of sulfonamides is 1. The van der Waals surface area contributed by atoms with Gasteiger partial charge in [-0.1, -0.05) is 0 Å². The second kappa shape index (κ2) is 5.60. The van der Waals surface area contributed by atoms with Gasteiger partial charge in [0.1, 0.15) is 11.5 Å². The summed E-state index contributed by atoms with van der Waals surface area (Å²) in [6, 6.07) is 5.43. The number of nitrogens with zero attached hydrogens (tertiary/aromatic N) is 1. The zero-order valence-electron chi connectivity index (χ0n) is 11.1. The lowest BCUT2D eigenvalue weighted by atomic mass is 10.2. The van der Waals surface area contributed by atoms with Crippen molar-refractivity contribution in [2.45, 2.75) is 5.37 Å². The molecule has 1 aromatic rings. The van der Waals surface area contributed by atoms with Gasteiger partial charge in [-0.25, -0.2) is 8.42 Å². The van der Waals surface area contributed by atoms with Crippen molar-refractivity contribution >= 4 is 21.8 Å². The van der Waals surface area contributed by atoms with Gasteiger partial charge in [-0.05, 0) is 18.2 Å². The first-order valence-corrected chi connectivity index (χ1v) is 8.67. The van der Waals surface area contributed by atoms with Crippen LogP contribution >= 0.6 is 11.8 Å². The summed E-state index contributed by atoms with van der Waals surface area (Å²) in [4.78, 5) is 0. The molecule has 0 saturated carbocycles. The smallest absolute Gasteiger partial charge is 0.212 e. The molecule has 1 saturated heterocycles. The Morgan fingerprint density at radius 1 is 1.32 bits per heavy atom. The monoisotopic (exact) mass is 303 g/mol. The lowest BCUT2D eigenvalue weighted by Gasteiger charge is -2.23. The summed E-state index contributed by atoms with van der Waals surface area (Å²) in [5.41, 5.74) is 0.828. The van der Waals surface area contributed by atoms with Gasteiger partial charge in [0.05, 0.1) is 25.8 Å². The zero-order chi connectivity index (χ0) is 14.0. The van der Waals surface area contributed by atoms with Crippen LogP contribution in [0.4, 0.5) is 0 Å². The Morgan fingerprint density at radius 2 is 2.05 bits per heavy atom. The molecule has 2 rings (SSSR count). The van der Waals surface area contributed by atoms with Gasteiger partial charge < -0.3 is 9.47 Å². The SMILES string of the molecule is COc1ccc(OC)c([C@H]2SCCN2S(C)(=O)=O)c1. The maximum atomic E-state index is 11.8. The van der Waals surface area contributed by atoms with Crippen molar-refractivity contribution in [3.05, 3.63) is 23.8 Å². The van der Waals surface area contributed by atoms with E-state index in [9.17, 15) is 8.42 Å². The quantitative estimate of drug-likeness (QED) is 0.847. The molecule has 0 aromatic heterocycles. The molecule has 1 aliphatic heterocycles. The van der Waals surface area contributed by atoms with Gasteiger partial charge in [-0.3, -0.25) is 0 Å². The highest BCUT2D eigenvalue weighted by Crippen LogP contribution is 2.44. The van der Waals surface area contributed by atoms with Crippen LogP contribution < -0.4 is 9.47 Å². The van der Waals surface area contributed by atoms with E-state index in [-0.39, 0.29) is 5.37 Å². The summed E-state index contributed by atoms with van der Waals surface area (Å²) < 4.78 is 35.6. The third-order valence-corrected chi connectivity index (χ3v) is 5.60. The summed E-state index contributed by atoms with van der Waals surface area (Å²) in [5.74, 6) is 2.14. The number of ether oxygens (including phenoxy) is 2. The highest BCUT2D eigenvalue weighted by atomic mass is 32.2. The Kier molecular flexibility index (Phi) is 4.27. The maximum absolute atomic E-state index is 11.8. The van der Waals surface area contributed by atoms with Crippen LogP contribution in [0.1, 0.15) is 10.9 Å². The molecular weight excluding hydrogens is 286 g/mol. The normalized spacial score (nSPS) is 20.5. The largest absolute Gasteiger partial charge is 0.497 e. The van der Waals surface area contributed by atoms with Crippen molar-refractivity contribution in [1.29, 1.82) is 0 Å². The molecule has 1 atom stereocenters. The van der Waals surface area contributed by atoms with E-state index in [1.807, 2.05) is 6.07 Å². The van der Waals surface area contributed by atoms with Crippen LogP contribution in [-0.2, 0) is 10.0 Å². The second-order valence-corrected chi connectivity index (χ2v) is 7.33. The summed E-state index contributed by atoms with van der Waals surface area (Å²) >= 11 is 1.59. The van der Waals surface area contributed by atoms with Crippen molar-refractivity contribution in [3.8, 4) is 11.5 Å². The van der Waals surface area contributed by atoms with Crippen LogP contribution in [0, 0.1) is 0 Å². The van der Waals surface area contributed by atoms with Crippen LogP contribution in [0.25, 0.3) is 0 Å². The molecule has 1 aliphatic rings. The van der Waals surface area contributed by atoms with E-state index in [0.29, 0.717) is 18.0 Å². The fraction of sp³-hybridized carbons (Fsp3) is 0.500. The van der Waals surface area contributed by atoms with E-state index in [2.05, 4.69) is 0 Å². The summed E-state index contributed by atoms with van der Waals surface area (Å²) in [7, 11) is -0.0642. The minimum atomic E-state index is -3.23. The Balaban J connectivity index is 2.45. The number of benzene rings is 1. The molecule has 0 N–H and O–H groups in total. The molecule has 0 amide bonds. The second-order valence-electron chi connectivity index (χ2n) is 4.20. The highest BCUT2D eigenvalue weighted by Gasteiger charge is 2.35. The van der Waals surface area contributed by atoms with Crippen molar-refractivity contribution in [3.63, 3.8) is 0 Å². The van der Waals surface area contributed by atoms with Gasteiger partial charge in [-0.2, -0.15) is 4.31 Å². The number of methoxy groups -OCH3 is 2. The third kappa shape index (κ3) is 2.98. The van der Waals surface area contributed by atoms with E-state index < -0.39 is 10.0 Å². The van der Waals surface area contributed by atoms with Crippen LogP contribution in [0.3, 0.4) is 0 Å². The Labute approximate surface area is 117 Å². The Bertz CT molecular complexity index is 559. The highest BCUT2D eigenvalue weighted by molar-refractivity contribution is 8.00. The molecule has 1 heterocycles. The lowest BCUT2D eigenvalue weighted by molar-refractivity contribution is 0.383. The first kappa shape index (κ1) is 14.5. The maximum Gasteiger partial charge on any atom is 0.212 e. The van der Waals surface area contributed by atoms with Gasteiger partial charge in [0.2, 0.25) is 10.0 Å². The molecule has 1 aromatic carbocycles. The minimum absolute atomic E-state index is 0.250. The van der Waals surface area contributed by atoms with Crippen LogP contribution in [0.2, 0.25) is 0 Å². The molecule has 1 fully saturated rings. The average Bonchev–Trinajstić information content (AvgIpc) is 2.87. The third-order valence-electron chi connectivity index (χ3n) is 2.98. The van der Waals surface area contributed by atoms with Crippen molar-refractivity contribution < 1.29 is 17.9 Å². The number of thioether (sulfide) groups is 1. The standard InChI is InChI=1S/C12H17NO4S2/c1-16-9-4-5-11(17-2)10(8-9)12-13(6-7-18-12)19(3,14)15/h4-5,8,12H,6-7H2,1-3H3/t12-/m1/s1. The van der Waals surface area contributed by atoms with Crippen LogP contribution in [0.15, 0.2) is 18.2 Å². The Morgan fingerprint density at radius 3 is 2.63 bits per heavy atom. The number of hydrogen-bond acceptors (Lipinski definition) is 5. The predicted octanol–water partition coefficient (Wildman–Crippen LogP) is 1.71. The van der Waals surface area contributed by atoms with Gasteiger partial charge in [0, 0.05) is 17.9 Å². The first-order chi connectivity index (χ1) is 8.97. The average molecular weight is 303 g/mol. The van der Waals surface area contributed by atoms with Crippen LogP contribution in [-0.4, -0.2) is 45.5 Å². The van der Waals surface area contributed by atoms with Crippen molar-refractivity contribution in [1.82, 2.24) is 4.31 Å². The molecule has 106 valence electrons. The molecular formula is C12H17NO4S2. The molecule has 0 radical (unpaired) electrons. The molecule has 0 spiro atoms. The molecule has 0 bridgehead atoms. The van der Waals surface area contributed by atoms with E-state index in [1.165, 1.54) is 10.6 Å². The van der Waals surface area contributed by atoms with Gasteiger partial charge >= 0.3 is 0 Å². The summed E-state index contributed by atoms with van der Waals surface area (Å²) in [5, 5.41) is -0.250. The predicted molar refractivity (Wildman–Crippen MR) is 76.3 cm³/mol. The molecule has 0 unspecified atom stereocenters. The molecule has 0 aliphatic carbocycles. The first-order valence-electron chi connectivity index (χ1n) is 5.77. The van der Waals surface area contributed by atoms with Crippen LogP contribution in [0.5, 0.6) is 11.5 Å². The molecule has 7 heteroatoms. The fourth-order valence-electron chi connectivity index (χ4n) is 2.07.